The highest BCUT2D eigenvalue weighted by molar-refractivity contribution is 6.51. The van der Waals surface area contributed by atoms with E-state index in [4.69, 9.17) is 23.2 Å². The van der Waals surface area contributed by atoms with Gasteiger partial charge in [0.25, 0.3) is 0 Å². The Morgan fingerprint density at radius 3 is 1.60 bits per heavy atom. The first-order chi connectivity index (χ1) is 9.56. The first-order valence-corrected chi connectivity index (χ1v) is 9.70. The molecule has 0 saturated heterocycles. The molecule has 1 unspecified atom stereocenters. The molecule has 0 heterocycles. The van der Waals surface area contributed by atoms with E-state index in [1.54, 1.807) is 0 Å². The minimum Gasteiger partial charge on any atom is -0.101 e. The van der Waals surface area contributed by atoms with Crippen LogP contribution < -0.4 is 0 Å². The molecule has 120 valence electrons. The van der Waals surface area contributed by atoms with Gasteiger partial charge in [-0.3, -0.25) is 0 Å². The van der Waals surface area contributed by atoms with Gasteiger partial charge in [-0.2, -0.15) is 0 Å². The van der Waals surface area contributed by atoms with E-state index in [9.17, 15) is 0 Å². The Morgan fingerprint density at radius 2 is 1.15 bits per heavy atom. The van der Waals surface area contributed by atoms with Crippen molar-refractivity contribution in [1.29, 1.82) is 0 Å². The molecular formula is C18H34Cl2. The van der Waals surface area contributed by atoms with Crippen molar-refractivity contribution < 1.29 is 0 Å². The van der Waals surface area contributed by atoms with E-state index in [1.807, 2.05) is 0 Å². The molecule has 0 radical (unpaired) electrons. The fourth-order valence-electron chi connectivity index (χ4n) is 3.84. The van der Waals surface area contributed by atoms with Gasteiger partial charge in [-0.25, -0.2) is 0 Å². The second-order valence-electron chi connectivity index (χ2n) is 6.74. The first-order valence-electron chi connectivity index (χ1n) is 8.94. The highest BCUT2D eigenvalue weighted by Crippen LogP contribution is 2.75. The van der Waals surface area contributed by atoms with E-state index in [0.717, 1.165) is 0 Å². The van der Waals surface area contributed by atoms with Gasteiger partial charge in [-0.15, -0.1) is 23.2 Å². The van der Waals surface area contributed by atoms with Gasteiger partial charge in [0.15, 0.2) is 0 Å². The van der Waals surface area contributed by atoms with Crippen molar-refractivity contribution in [1.82, 2.24) is 0 Å². The Bertz CT molecular complexity index is 250. The molecule has 2 heteroatoms. The minimum atomic E-state index is -0.428. The highest BCUT2D eigenvalue weighted by Gasteiger charge is 2.73. The summed E-state index contributed by atoms with van der Waals surface area (Å²) >= 11 is 13.5. The zero-order valence-corrected chi connectivity index (χ0v) is 15.3. The quantitative estimate of drug-likeness (QED) is 0.257. The van der Waals surface area contributed by atoms with Crippen molar-refractivity contribution in [2.24, 2.45) is 11.3 Å². The van der Waals surface area contributed by atoms with Crippen LogP contribution in [0.25, 0.3) is 0 Å². The summed E-state index contributed by atoms with van der Waals surface area (Å²) in [5.41, 5.74) is 0.244. The van der Waals surface area contributed by atoms with Crippen molar-refractivity contribution in [3.63, 3.8) is 0 Å². The van der Waals surface area contributed by atoms with Gasteiger partial charge in [0.1, 0.15) is 4.33 Å². The summed E-state index contributed by atoms with van der Waals surface area (Å²) in [5.74, 6) is 0.554. The average molecular weight is 321 g/mol. The normalized spacial score (nSPS) is 22.9. The zero-order chi connectivity index (χ0) is 15.1. The molecule has 0 N–H and O–H groups in total. The molecule has 0 aromatic carbocycles. The predicted octanol–water partition coefficient (Wildman–Crippen LogP) is 7.52. The molecule has 1 aliphatic carbocycles. The van der Waals surface area contributed by atoms with Crippen LogP contribution in [0, 0.1) is 11.3 Å². The van der Waals surface area contributed by atoms with Crippen molar-refractivity contribution in [3.8, 4) is 0 Å². The Balaban J connectivity index is 2.56. The Labute approximate surface area is 137 Å². The van der Waals surface area contributed by atoms with Gasteiger partial charge in [0, 0.05) is 11.3 Å². The van der Waals surface area contributed by atoms with E-state index in [2.05, 4.69) is 20.8 Å². The molecule has 1 aliphatic rings. The van der Waals surface area contributed by atoms with Gasteiger partial charge in [0.05, 0.1) is 0 Å². The van der Waals surface area contributed by atoms with Crippen LogP contribution in [0.15, 0.2) is 0 Å². The van der Waals surface area contributed by atoms with Gasteiger partial charge < -0.3 is 0 Å². The molecule has 0 aromatic rings. The Kier molecular flexibility index (Phi) is 8.28. The lowest BCUT2D eigenvalue weighted by atomic mass is 9.88. The third-order valence-electron chi connectivity index (χ3n) is 5.23. The second kappa shape index (κ2) is 8.89. The van der Waals surface area contributed by atoms with Crippen molar-refractivity contribution in [3.05, 3.63) is 0 Å². The molecule has 20 heavy (non-hydrogen) atoms. The maximum Gasteiger partial charge on any atom is 0.127 e. The predicted molar refractivity (Wildman–Crippen MR) is 92.8 cm³/mol. The number of rotatable bonds is 12. The molecule has 1 fully saturated rings. The van der Waals surface area contributed by atoms with Crippen molar-refractivity contribution >= 4 is 23.2 Å². The van der Waals surface area contributed by atoms with Crippen LogP contribution in [0.2, 0.25) is 0 Å². The minimum absolute atomic E-state index is 0.244. The SMILES string of the molecule is CCCCCC1C(Cl)(Cl)C1(CCCCC)CCCCC. The van der Waals surface area contributed by atoms with Crippen LogP contribution in [0.3, 0.4) is 0 Å². The summed E-state index contributed by atoms with van der Waals surface area (Å²) < 4.78 is -0.428. The molecule has 0 aliphatic heterocycles. The van der Waals surface area contributed by atoms with Crippen LogP contribution in [0.1, 0.15) is 97.8 Å². The molecule has 1 saturated carbocycles. The van der Waals surface area contributed by atoms with Gasteiger partial charge in [-0.05, 0) is 19.3 Å². The molecular weight excluding hydrogens is 287 g/mol. The van der Waals surface area contributed by atoms with Crippen LogP contribution in [-0.4, -0.2) is 4.33 Å². The maximum atomic E-state index is 6.73. The summed E-state index contributed by atoms with van der Waals surface area (Å²) in [6.07, 6.45) is 15.4. The number of unbranched alkanes of at least 4 members (excludes halogenated alkanes) is 6. The van der Waals surface area contributed by atoms with Gasteiger partial charge in [-0.1, -0.05) is 78.6 Å². The largest absolute Gasteiger partial charge is 0.127 e. The monoisotopic (exact) mass is 320 g/mol. The van der Waals surface area contributed by atoms with E-state index in [1.165, 1.54) is 77.0 Å². The van der Waals surface area contributed by atoms with Crippen LogP contribution in [0.5, 0.6) is 0 Å². The summed E-state index contributed by atoms with van der Waals surface area (Å²) in [6.45, 7) is 6.80. The molecule has 0 spiro atoms. The number of halogens is 2. The third kappa shape index (κ3) is 4.29. The fourth-order valence-corrected chi connectivity index (χ4v) is 5.00. The standard InChI is InChI=1S/C18H34Cl2/c1-4-7-10-13-16-17(18(16,19)20,14-11-8-5-2)15-12-9-6-3/h16H,4-15H2,1-3H3. The summed E-state index contributed by atoms with van der Waals surface area (Å²) in [5, 5.41) is 0. The molecule has 0 bridgehead atoms. The highest BCUT2D eigenvalue weighted by atomic mass is 35.5. The molecule has 0 amide bonds. The Hall–Kier alpha value is 0.580. The lowest BCUT2D eigenvalue weighted by molar-refractivity contribution is 0.341. The molecule has 1 atom stereocenters. The lowest BCUT2D eigenvalue weighted by Crippen LogP contribution is -2.10. The van der Waals surface area contributed by atoms with Crippen LogP contribution in [-0.2, 0) is 0 Å². The van der Waals surface area contributed by atoms with E-state index >= 15 is 0 Å². The number of hydrogen-bond acceptors (Lipinski definition) is 0. The van der Waals surface area contributed by atoms with E-state index < -0.39 is 4.33 Å². The van der Waals surface area contributed by atoms with Gasteiger partial charge in [0.2, 0.25) is 0 Å². The molecule has 1 rings (SSSR count). The zero-order valence-electron chi connectivity index (χ0n) is 13.8. The first kappa shape index (κ1) is 18.6. The smallest absolute Gasteiger partial charge is 0.101 e. The Morgan fingerprint density at radius 1 is 0.700 bits per heavy atom. The summed E-state index contributed by atoms with van der Waals surface area (Å²) in [7, 11) is 0. The van der Waals surface area contributed by atoms with Crippen molar-refractivity contribution in [2.75, 3.05) is 0 Å². The summed E-state index contributed by atoms with van der Waals surface area (Å²) in [4.78, 5) is 0. The molecule has 0 aromatic heterocycles. The van der Waals surface area contributed by atoms with E-state index in [-0.39, 0.29) is 5.41 Å². The second-order valence-corrected chi connectivity index (χ2v) is 8.13. The fraction of sp³-hybridized carbons (Fsp3) is 1.00. The summed E-state index contributed by atoms with van der Waals surface area (Å²) in [6, 6.07) is 0. The van der Waals surface area contributed by atoms with Crippen LogP contribution in [0.4, 0.5) is 0 Å². The third-order valence-corrected chi connectivity index (χ3v) is 6.51. The molecule has 0 nitrogen and oxygen atoms in total. The number of alkyl halides is 2. The topological polar surface area (TPSA) is 0 Å². The average Bonchev–Trinajstić information content (AvgIpc) is 2.87. The number of hydrogen-bond donors (Lipinski definition) is 0. The van der Waals surface area contributed by atoms with Crippen LogP contribution >= 0.6 is 23.2 Å². The van der Waals surface area contributed by atoms with Crippen molar-refractivity contribution in [2.45, 2.75) is 102 Å². The van der Waals surface area contributed by atoms with E-state index in [0.29, 0.717) is 5.92 Å². The van der Waals surface area contributed by atoms with Gasteiger partial charge >= 0.3 is 0 Å². The maximum absolute atomic E-state index is 6.73. The lowest BCUT2D eigenvalue weighted by Gasteiger charge is -2.18.